The monoisotopic (exact) mass is 524 g/mol. The van der Waals surface area contributed by atoms with E-state index >= 15 is 0 Å². The number of carbonyl (C=O) groups excluding carboxylic acids is 3. The number of hydrogen-bond acceptors (Lipinski definition) is 5. The summed E-state index contributed by atoms with van der Waals surface area (Å²) in [5.41, 5.74) is 0.778. The highest BCUT2D eigenvalue weighted by atomic mass is 35.5. The minimum atomic E-state index is -4.69. The molecule has 0 aliphatic carbocycles. The number of amides is 3. The van der Waals surface area contributed by atoms with Gasteiger partial charge in [-0.1, -0.05) is 35.9 Å². The third-order valence-electron chi connectivity index (χ3n) is 5.55. The second kappa shape index (κ2) is 9.27. The van der Waals surface area contributed by atoms with Crippen molar-refractivity contribution in [1.82, 2.24) is 14.2 Å². The molecule has 0 spiro atoms. The third-order valence-corrected chi connectivity index (χ3v) is 7.20. The molecule has 3 amide bonds. The fourth-order valence-electron chi connectivity index (χ4n) is 3.93. The number of alkyl halides is 1. The second-order valence-corrected chi connectivity index (χ2v) is 9.96. The average molecular weight is 525 g/mol. The Morgan fingerprint density at radius 2 is 1.83 bits per heavy atom. The SMILES string of the molecule is CC(=O)n1cc(NC(=O)N2CC(F)CC2C(=O)NS(=O)(=O)c2cccc(Cl)c2F)c2ccccc21. The molecular formula is C22H19ClF2N4O5S. The van der Waals surface area contributed by atoms with E-state index in [1.54, 1.807) is 29.0 Å². The topological polar surface area (TPSA) is 118 Å². The van der Waals surface area contributed by atoms with E-state index in [1.165, 1.54) is 23.8 Å². The first kappa shape index (κ1) is 24.6. The van der Waals surface area contributed by atoms with Gasteiger partial charge < -0.3 is 10.2 Å². The molecule has 1 aliphatic heterocycles. The Morgan fingerprint density at radius 1 is 1.11 bits per heavy atom. The van der Waals surface area contributed by atoms with Gasteiger partial charge in [0.05, 0.1) is 22.8 Å². The van der Waals surface area contributed by atoms with Crippen LogP contribution in [0.4, 0.5) is 19.3 Å². The molecule has 1 aliphatic rings. The van der Waals surface area contributed by atoms with Crippen LogP contribution >= 0.6 is 11.6 Å². The van der Waals surface area contributed by atoms with Gasteiger partial charge in [0.2, 0.25) is 5.91 Å². The van der Waals surface area contributed by atoms with Crippen LogP contribution in [0.5, 0.6) is 0 Å². The van der Waals surface area contributed by atoms with Crippen LogP contribution in [-0.4, -0.2) is 54.5 Å². The summed E-state index contributed by atoms with van der Waals surface area (Å²) in [5.74, 6) is -2.76. The largest absolute Gasteiger partial charge is 0.322 e. The smallest absolute Gasteiger partial charge is 0.309 e. The average Bonchev–Trinajstić information content (AvgIpc) is 3.36. The molecule has 2 heterocycles. The van der Waals surface area contributed by atoms with Crippen LogP contribution < -0.4 is 10.0 Å². The first-order valence-electron chi connectivity index (χ1n) is 10.3. The molecule has 13 heteroatoms. The van der Waals surface area contributed by atoms with Crippen molar-refractivity contribution in [3.05, 3.63) is 59.5 Å². The number of sulfonamides is 1. The Hall–Kier alpha value is -3.51. The van der Waals surface area contributed by atoms with Crippen LogP contribution in [0.3, 0.4) is 0 Å². The number of urea groups is 1. The van der Waals surface area contributed by atoms with Gasteiger partial charge in [-0.2, -0.15) is 0 Å². The van der Waals surface area contributed by atoms with Crippen LogP contribution in [0.25, 0.3) is 10.9 Å². The van der Waals surface area contributed by atoms with E-state index < -0.39 is 62.9 Å². The number of nitrogens with one attached hydrogen (secondary N) is 2. The maximum atomic E-state index is 14.2. The molecule has 184 valence electrons. The van der Waals surface area contributed by atoms with Gasteiger partial charge >= 0.3 is 6.03 Å². The molecule has 1 fully saturated rings. The highest BCUT2D eigenvalue weighted by Crippen LogP contribution is 2.28. The summed E-state index contributed by atoms with van der Waals surface area (Å²) < 4.78 is 56.6. The Bertz CT molecular complexity index is 1460. The number of nitrogens with zero attached hydrogens (tertiary/aromatic N) is 2. The zero-order valence-corrected chi connectivity index (χ0v) is 19.7. The van der Waals surface area contributed by atoms with E-state index in [9.17, 15) is 31.6 Å². The molecule has 2 aromatic carbocycles. The van der Waals surface area contributed by atoms with Gasteiger partial charge in [0.1, 0.15) is 17.1 Å². The Balaban J connectivity index is 1.57. The number of rotatable bonds is 4. The number of anilines is 1. The van der Waals surface area contributed by atoms with Crippen LogP contribution in [0.15, 0.2) is 53.6 Å². The minimum Gasteiger partial charge on any atom is -0.309 e. The first-order chi connectivity index (χ1) is 16.5. The van der Waals surface area contributed by atoms with Crippen molar-refractivity contribution in [2.24, 2.45) is 0 Å². The summed E-state index contributed by atoms with van der Waals surface area (Å²) in [6, 6.07) is 7.65. The molecule has 35 heavy (non-hydrogen) atoms. The predicted octanol–water partition coefficient (Wildman–Crippen LogP) is 3.54. The zero-order valence-electron chi connectivity index (χ0n) is 18.2. The molecule has 4 rings (SSSR count). The molecule has 0 bridgehead atoms. The van der Waals surface area contributed by atoms with Crippen LogP contribution in [0, 0.1) is 5.82 Å². The van der Waals surface area contributed by atoms with Crippen LogP contribution in [-0.2, 0) is 14.8 Å². The van der Waals surface area contributed by atoms with Crippen molar-refractivity contribution < 1.29 is 31.6 Å². The molecule has 0 radical (unpaired) electrons. The lowest BCUT2D eigenvalue weighted by molar-refractivity contribution is -0.122. The number of aromatic nitrogens is 1. The summed E-state index contributed by atoms with van der Waals surface area (Å²) >= 11 is 5.62. The molecular weight excluding hydrogens is 506 g/mol. The Morgan fingerprint density at radius 3 is 2.54 bits per heavy atom. The Labute approximate surface area is 203 Å². The summed E-state index contributed by atoms with van der Waals surface area (Å²) in [4.78, 5) is 37.7. The van der Waals surface area contributed by atoms with Crippen molar-refractivity contribution in [2.45, 2.75) is 30.5 Å². The van der Waals surface area contributed by atoms with E-state index in [1.807, 2.05) is 0 Å². The van der Waals surface area contributed by atoms with E-state index in [-0.39, 0.29) is 11.6 Å². The predicted molar refractivity (Wildman–Crippen MR) is 124 cm³/mol. The summed E-state index contributed by atoms with van der Waals surface area (Å²) in [7, 11) is -4.69. The molecule has 3 aromatic rings. The highest BCUT2D eigenvalue weighted by Gasteiger charge is 2.41. The first-order valence-corrected chi connectivity index (χ1v) is 12.2. The summed E-state index contributed by atoms with van der Waals surface area (Å²) in [6.07, 6.45) is -0.655. The van der Waals surface area contributed by atoms with Crippen LogP contribution in [0.2, 0.25) is 5.02 Å². The molecule has 1 aromatic heterocycles. The van der Waals surface area contributed by atoms with Gasteiger partial charge in [-0.05, 0) is 18.2 Å². The quantitative estimate of drug-likeness (QED) is 0.541. The summed E-state index contributed by atoms with van der Waals surface area (Å²) in [5, 5.41) is 2.63. The molecule has 0 saturated carbocycles. The zero-order chi connectivity index (χ0) is 25.5. The van der Waals surface area contributed by atoms with Gasteiger partial charge in [-0.15, -0.1) is 0 Å². The number of fused-ring (bicyclic) bond motifs is 1. The van der Waals surface area contributed by atoms with Crippen molar-refractivity contribution in [1.29, 1.82) is 0 Å². The molecule has 2 unspecified atom stereocenters. The van der Waals surface area contributed by atoms with E-state index in [2.05, 4.69) is 5.32 Å². The van der Waals surface area contributed by atoms with E-state index in [0.717, 1.165) is 17.0 Å². The summed E-state index contributed by atoms with van der Waals surface area (Å²) in [6.45, 7) is 0.872. The van der Waals surface area contributed by atoms with Crippen molar-refractivity contribution >= 4 is 56.1 Å². The maximum absolute atomic E-state index is 14.2. The van der Waals surface area contributed by atoms with Crippen LogP contribution in [0.1, 0.15) is 18.1 Å². The van der Waals surface area contributed by atoms with E-state index in [4.69, 9.17) is 11.6 Å². The maximum Gasteiger partial charge on any atom is 0.322 e. The Kier molecular flexibility index (Phi) is 6.52. The number of likely N-dealkylation sites (tertiary alicyclic amines) is 1. The fraction of sp³-hybridized carbons (Fsp3) is 0.227. The van der Waals surface area contributed by atoms with Gasteiger partial charge in [0.15, 0.2) is 5.82 Å². The minimum absolute atomic E-state index is 0.246. The fourth-order valence-corrected chi connectivity index (χ4v) is 5.28. The molecule has 1 saturated heterocycles. The number of benzene rings is 2. The molecule has 9 nitrogen and oxygen atoms in total. The second-order valence-electron chi connectivity index (χ2n) is 7.90. The number of carbonyl (C=O) groups is 3. The van der Waals surface area contributed by atoms with Gasteiger partial charge in [0, 0.05) is 24.9 Å². The lowest BCUT2D eigenvalue weighted by atomic mass is 10.2. The number of halogens is 3. The van der Waals surface area contributed by atoms with Gasteiger partial charge in [0.25, 0.3) is 15.9 Å². The third kappa shape index (κ3) is 4.71. The lowest BCUT2D eigenvalue weighted by Gasteiger charge is -2.23. The van der Waals surface area contributed by atoms with Gasteiger partial charge in [-0.25, -0.2) is 26.7 Å². The van der Waals surface area contributed by atoms with Crippen molar-refractivity contribution in [2.75, 3.05) is 11.9 Å². The number of para-hydroxylation sites is 1. The van der Waals surface area contributed by atoms with Gasteiger partial charge in [-0.3, -0.25) is 14.2 Å². The molecule has 2 atom stereocenters. The number of hydrogen-bond donors (Lipinski definition) is 2. The van der Waals surface area contributed by atoms with Crippen molar-refractivity contribution in [3.63, 3.8) is 0 Å². The normalized spacial score (nSPS) is 18.0. The highest BCUT2D eigenvalue weighted by molar-refractivity contribution is 7.90. The standard InChI is InChI=1S/C22H19ClF2N4O5S/c1-12(30)28-11-16(14-5-2-3-7-17(14)28)26-22(32)29-10-13(24)9-18(29)21(31)27-35(33,34)19-8-4-6-15(23)20(19)25/h2-8,11,13,18H,9-10H2,1H3,(H,26,32)(H,27,31). The lowest BCUT2D eigenvalue weighted by Crippen LogP contribution is -2.48. The van der Waals surface area contributed by atoms with Crippen molar-refractivity contribution in [3.8, 4) is 0 Å². The molecule has 2 N–H and O–H groups in total. The van der Waals surface area contributed by atoms with E-state index in [0.29, 0.717) is 10.9 Å².